The van der Waals surface area contributed by atoms with E-state index >= 15 is 0 Å². The molecule has 1 fully saturated rings. The molecule has 1 aromatic rings. The molecule has 0 aliphatic carbocycles. The molecule has 26 heavy (non-hydrogen) atoms. The summed E-state index contributed by atoms with van der Waals surface area (Å²) >= 11 is 0. The van der Waals surface area contributed by atoms with E-state index in [9.17, 15) is 14.7 Å². The Bertz CT molecular complexity index is 645. The molecule has 0 bridgehead atoms. The summed E-state index contributed by atoms with van der Waals surface area (Å²) in [4.78, 5) is 24.0. The van der Waals surface area contributed by atoms with E-state index < -0.39 is 11.9 Å². The van der Waals surface area contributed by atoms with Crippen molar-refractivity contribution in [2.24, 2.45) is 11.8 Å². The highest BCUT2D eigenvalue weighted by Gasteiger charge is 2.30. The minimum Gasteiger partial charge on any atom is -0.490 e. The first-order chi connectivity index (χ1) is 12.5. The van der Waals surface area contributed by atoms with Gasteiger partial charge in [0.1, 0.15) is 12.4 Å². The minimum absolute atomic E-state index is 0.0280. The normalized spacial score (nSPS) is 15.8. The van der Waals surface area contributed by atoms with Gasteiger partial charge in [-0.2, -0.15) is 0 Å². The Balaban J connectivity index is 1.93. The van der Waals surface area contributed by atoms with Crippen molar-refractivity contribution in [3.63, 3.8) is 0 Å². The Morgan fingerprint density at radius 3 is 2.73 bits per heavy atom. The average Bonchev–Trinajstić information content (AvgIpc) is 2.62. The van der Waals surface area contributed by atoms with Gasteiger partial charge in [0, 0.05) is 25.3 Å². The van der Waals surface area contributed by atoms with Crippen molar-refractivity contribution in [3.05, 3.63) is 41.5 Å². The van der Waals surface area contributed by atoms with Crippen LogP contribution in [0.15, 0.2) is 35.9 Å². The Kier molecular flexibility index (Phi) is 7.66. The highest BCUT2D eigenvalue weighted by molar-refractivity contribution is 5.94. The van der Waals surface area contributed by atoms with Gasteiger partial charge in [0.15, 0.2) is 0 Å². The van der Waals surface area contributed by atoms with Gasteiger partial charge in [0.2, 0.25) is 0 Å². The van der Waals surface area contributed by atoms with E-state index in [-0.39, 0.29) is 18.4 Å². The number of ether oxygens (including phenoxy) is 2. The topological polar surface area (TPSA) is 84.9 Å². The zero-order valence-electron chi connectivity index (χ0n) is 15.4. The van der Waals surface area contributed by atoms with Gasteiger partial charge in [-0.05, 0) is 56.9 Å². The Morgan fingerprint density at radius 2 is 2.08 bits per heavy atom. The maximum Gasteiger partial charge on any atom is 0.308 e. The van der Waals surface area contributed by atoms with Crippen LogP contribution in [-0.4, -0.2) is 43.3 Å². The number of carboxylic acids is 1. The predicted molar refractivity (Wildman–Crippen MR) is 98.4 cm³/mol. The standard InChI is InChI=1S/C20H27NO5/c1-14(2)6-11-26-17-5-3-4-16(12-17)19(22)21-13-18(20(23)24)15-7-9-25-10-8-15/h3-6,12,15,18H,7-11,13H2,1-2H3,(H,21,22)(H,23,24). The van der Waals surface area contributed by atoms with E-state index in [1.165, 1.54) is 0 Å². The molecular weight excluding hydrogens is 334 g/mol. The molecule has 0 aromatic heterocycles. The number of rotatable bonds is 8. The fourth-order valence-electron chi connectivity index (χ4n) is 2.91. The average molecular weight is 361 g/mol. The monoisotopic (exact) mass is 361 g/mol. The number of benzene rings is 1. The van der Waals surface area contributed by atoms with Crippen molar-refractivity contribution in [1.82, 2.24) is 5.32 Å². The fraction of sp³-hybridized carbons (Fsp3) is 0.500. The molecule has 1 aliphatic rings. The third kappa shape index (κ3) is 6.19. The van der Waals surface area contributed by atoms with Crippen LogP contribution in [0.2, 0.25) is 0 Å². The lowest BCUT2D eigenvalue weighted by molar-refractivity contribution is -0.144. The van der Waals surface area contributed by atoms with Gasteiger partial charge in [0.25, 0.3) is 5.91 Å². The van der Waals surface area contributed by atoms with E-state index in [2.05, 4.69) is 5.32 Å². The Morgan fingerprint density at radius 1 is 1.35 bits per heavy atom. The molecule has 6 nitrogen and oxygen atoms in total. The number of carbonyl (C=O) groups excluding carboxylic acids is 1. The number of hydrogen-bond acceptors (Lipinski definition) is 4. The van der Waals surface area contributed by atoms with Crippen LogP contribution in [0.5, 0.6) is 5.75 Å². The number of amides is 1. The van der Waals surface area contributed by atoms with E-state index in [4.69, 9.17) is 9.47 Å². The van der Waals surface area contributed by atoms with Crippen LogP contribution in [0.3, 0.4) is 0 Å². The smallest absolute Gasteiger partial charge is 0.308 e. The second-order valence-electron chi connectivity index (χ2n) is 6.72. The molecule has 1 unspecified atom stereocenters. The lowest BCUT2D eigenvalue weighted by Crippen LogP contribution is -2.39. The molecule has 0 radical (unpaired) electrons. The number of allylic oxidation sites excluding steroid dienone is 1. The summed E-state index contributed by atoms with van der Waals surface area (Å²) in [5.74, 6) is -1.14. The van der Waals surface area contributed by atoms with Crippen LogP contribution in [0.1, 0.15) is 37.0 Å². The highest BCUT2D eigenvalue weighted by atomic mass is 16.5. The van der Waals surface area contributed by atoms with Gasteiger partial charge in [-0.25, -0.2) is 0 Å². The van der Waals surface area contributed by atoms with Crippen molar-refractivity contribution in [3.8, 4) is 5.75 Å². The number of hydrogen-bond donors (Lipinski definition) is 2. The van der Waals surface area contributed by atoms with Crippen molar-refractivity contribution in [2.45, 2.75) is 26.7 Å². The van der Waals surface area contributed by atoms with Crippen molar-refractivity contribution < 1.29 is 24.2 Å². The predicted octanol–water partition coefficient (Wildman–Crippen LogP) is 2.89. The summed E-state index contributed by atoms with van der Waals surface area (Å²) < 4.78 is 10.9. The van der Waals surface area contributed by atoms with Gasteiger partial charge in [-0.15, -0.1) is 0 Å². The molecule has 0 spiro atoms. The number of carboxylic acid groups (broad SMARTS) is 1. The van der Waals surface area contributed by atoms with E-state index in [0.29, 0.717) is 44.0 Å². The van der Waals surface area contributed by atoms with Gasteiger partial charge in [-0.3, -0.25) is 9.59 Å². The molecule has 1 atom stereocenters. The highest BCUT2D eigenvalue weighted by Crippen LogP contribution is 2.24. The molecule has 1 aliphatic heterocycles. The maximum atomic E-state index is 12.4. The van der Waals surface area contributed by atoms with Gasteiger partial charge >= 0.3 is 5.97 Å². The second-order valence-corrected chi connectivity index (χ2v) is 6.72. The van der Waals surface area contributed by atoms with Crippen LogP contribution in [-0.2, 0) is 9.53 Å². The van der Waals surface area contributed by atoms with Gasteiger partial charge < -0.3 is 19.9 Å². The summed E-state index contributed by atoms with van der Waals surface area (Å²) in [7, 11) is 0. The molecule has 6 heteroatoms. The number of nitrogens with one attached hydrogen (secondary N) is 1. The third-order valence-corrected chi connectivity index (χ3v) is 4.47. The summed E-state index contributed by atoms with van der Waals surface area (Å²) in [6.07, 6.45) is 3.37. The van der Waals surface area contributed by atoms with Crippen LogP contribution in [0, 0.1) is 11.8 Å². The van der Waals surface area contributed by atoms with Crippen LogP contribution >= 0.6 is 0 Å². The lowest BCUT2D eigenvalue weighted by atomic mass is 9.86. The van der Waals surface area contributed by atoms with Crippen molar-refractivity contribution >= 4 is 11.9 Å². The largest absolute Gasteiger partial charge is 0.490 e. The van der Waals surface area contributed by atoms with Crippen molar-refractivity contribution in [2.75, 3.05) is 26.4 Å². The SMILES string of the molecule is CC(C)=CCOc1cccc(C(=O)NCC(C(=O)O)C2CCOCC2)c1. The number of carbonyl (C=O) groups is 2. The first-order valence-corrected chi connectivity index (χ1v) is 8.92. The molecule has 2 rings (SSSR count). The quantitative estimate of drug-likeness (QED) is 0.696. The Hall–Kier alpha value is -2.34. The van der Waals surface area contributed by atoms with Crippen LogP contribution in [0.25, 0.3) is 0 Å². The summed E-state index contributed by atoms with van der Waals surface area (Å²) in [6, 6.07) is 6.89. The second kappa shape index (κ2) is 9.97. The Labute approximate surface area is 154 Å². The molecule has 1 aromatic carbocycles. The maximum absolute atomic E-state index is 12.4. The zero-order valence-corrected chi connectivity index (χ0v) is 15.4. The fourth-order valence-corrected chi connectivity index (χ4v) is 2.91. The summed E-state index contributed by atoms with van der Waals surface area (Å²) in [5, 5.41) is 12.2. The molecule has 142 valence electrons. The zero-order chi connectivity index (χ0) is 18.9. The first kappa shape index (κ1) is 20.0. The van der Waals surface area contributed by atoms with E-state index in [1.54, 1.807) is 24.3 Å². The molecule has 1 amide bonds. The third-order valence-electron chi connectivity index (χ3n) is 4.47. The summed E-state index contributed by atoms with van der Waals surface area (Å²) in [5.41, 5.74) is 1.61. The molecule has 1 heterocycles. The first-order valence-electron chi connectivity index (χ1n) is 8.92. The van der Waals surface area contributed by atoms with Crippen LogP contribution < -0.4 is 10.1 Å². The van der Waals surface area contributed by atoms with Crippen LogP contribution in [0.4, 0.5) is 0 Å². The molecule has 1 saturated heterocycles. The van der Waals surface area contributed by atoms with Gasteiger partial charge in [0.05, 0.1) is 5.92 Å². The molecule has 0 saturated carbocycles. The van der Waals surface area contributed by atoms with E-state index in [1.807, 2.05) is 19.9 Å². The number of aliphatic carboxylic acids is 1. The van der Waals surface area contributed by atoms with Crippen molar-refractivity contribution in [1.29, 1.82) is 0 Å². The molecular formula is C20H27NO5. The summed E-state index contributed by atoms with van der Waals surface area (Å²) in [6.45, 7) is 5.69. The lowest BCUT2D eigenvalue weighted by Gasteiger charge is -2.27. The van der Waals surface area contributed by atoms with Gasteiger partial charge in [-0.1, -0.05) is 11.6 Å². The minimum atomic E-state index is -0.879. The molecule has 2 N–H and O–H groups in total. The van der Waals surface area contributed by atoms with E-state index in [0.717, 1.165) is 5.57 Å².